The molecule has 3 aromatic rings. The van der Waals surface area contributed by atoms with E-state index in [1.807, 2.05) is 52.0 Å². The van der Waals surface area contributed by atoms with E-state index in [0.717, 1.165) is 22.6 Å². The normalized spacial score (nSPS) is 16.2. The van der Waals surface area contributed by atoms with E-state index >= 15 is 0 Å². The maximum Gasteiger partial charge on any atom is 0.250 e. The Morgan fingerprint density at radius 2 is 1.80 bits per heavy atom. The average molecular weight is 404 g/mol. The van der Waals surface area contributed by atoms with Crippen LogP contribution in [0.1, 0.15) is 28.9 Å². The number of anilines is 2. The number of carbonyl (C=O) groups excluding carboxylic acids is 2. The number of aryl methyl sites for hydroxylation is 4. The third-order valence-electron chi connectivity index (χ3n) is 5.40. The van der Waals surface area contributed by atoms with Gasteiger partial charge in [0.15, 0.2) is 0 Å². The van der Waals surface area contributed by atoms with Gasteiger partial charge in [-0.1, -0.05) is 6.07 Å². The van der Waals surface area contributed by atoms with Crippen molar-refractivity contribution in [2.24, 2.45) is 5.92 Å². The topological polar surface area (TPSA) is 93.0 Å². The minimum Gasteiger partial charge on any atom is -0.323 e. The maximum absolute atomic E-state index is 12.7. The number of rotatable bonds is 4. The van der Waals surface area contributed by atoms with Gasteiger partial charge in [-0.15, -0.1) is 0 Å². The van der Waals surface area contributed by atoms with Crippen LogP contribution in [0.3, 0.4) is 0 Å². The summed E-state index contributed by atoms with van der Waals surface area (Å²) in [5.74, 6) is -0.239. The van der Waals surface area contributed by atoms with Crippen LogP contribution in [0.2, 0.25) is 0 Å². The monoisotopic (exact) mass is 404 g/mol. The molecule has 0 radical (unpaired) electrons. The first-order valence-corrected chi connectivity index (χ1v) is 9.86. The van der Waals surface area contributed by atoms with Gasteiger partial charge in [-0.2, -0.15) is 5.10 Å². The molecule has 0 aliphatic carbocycles. The zero-order valence-corrected chi connectivity index (χ0v) is 17.5. The summed E-state index contributed by atoms with van der Waals surface area (Å²) in [6, 6.07) is 7.84. The van der Waals surface area contributed by atoms with Crippen LogP contribution in [0.15, 0.2) is 36.7 Å². The highest BCUT2D eigenvalue weighted by Gasteiger charge is 2.35. The highest BCUT2D eigenvalue weighted by molar-refractivity contribution is 6.03. The molecule has 1 N–H and O–H groups in total. The molecule has 2 aromatic heterocycles. The van der Waals surface area contributed by atoms with Gasteiger partial charge in [-0.3, -0.25) is 9.59 Å². The fourth-order valence-corrected chi connectivity index (χ4v) is 3.60. The summed E-state index contributed by atoms with van der Waals surface area (Å²) in [7, 11) is 0. The van der Waals surface area contributed by atoms with Crippen molar-refractivity contribution in [2.75, 3.05) is 16.8 Å². The van der Waals surface area contributed by atoms with Crippen molar-refractivity contribution in [1.82, 2.24) is 19.7 Å². The largest absolute Gasteiger partial charge is 0.323 e. The SMILES string of the molecule is Cc1cc(C)n(-c2ncc(NC(=O)C3CC(=O)N(c4ccc(C)c(C)c4)C3)cn2)n1. The van der Waals surface area contributed by atoms with Crippen LogP contribution in [-0.2, 0) is 9.59 Å². The maximum atomic E-state index is 12.7. The summed E-state index contributed by atoms with van der Waals surface area (Å²) in [6.45, 7) is 8.24. The van der Waals surface area contributed by atoms with Crippen molar-refractivity contribution in [3.05, 3.63) is 59.2 Å². The molecule has 3 heterocycles. The molecule has 0 saturated carbocycles. The van der Waals surface area contributed by atoms with Gasteiger partial charge in [-0.05, 0) is 57.0 Å². The van der Waals surface area contributed by atoms with Gasteiger partial charge in [-0.25, -0.2) is 14.6 Å². The molecule has 1 aliphatic rings. The number of nitrogens with one attached hydrogen (secondary N) is 1. The predicted octanol–water partition coefficient (Wildman–Crippen LogP) is 2.89. The van der Waals surface area contributed by atoms with E-state index in [4.69, 9.17) is 0 Å². The van der Waals surface area contributed by atoms with Crippen LogP contribution < -0.4 is 10.2 Å². The Morgan fingerprint density at radius 3 is 2.43 bits per heavy atom. The first kappa shape index (κ1) is 19.8. The van der Waals surface area contributed by atoms with Gasteiger partial charge in [0.05, 0.1) is 29.7 Å². The molecule has 1 fully saturated rings. The Balaban J connectivity index is 1.43. The molecule has 1 aromatic carbocycles. The molecular weight excluding hydrogens is 380 g/mol. The first-order valence-electron chi connectivity index (χ1n) is 9.86. The van der Waals surface area contributed by atoms with Crippen LogP contribution in [0.25, 0.3) is 5.95 Å². The molecule has 1 unspecified atom stereocenters. The van der Waals surface area contributed by atoms with Gasteiger partial charge in [0, 0.05) is 24.3 Å². The Hall–Kier alpha value is -3.55. The number of nitrogens with zero attached hydrogens (tertiary/aromatic N) is 5. The molecule has 8 heteroatoms. The highest BCUT2D eigenvalue weighted by atomic mass is 16.2. The van der Waals surface area contributed by atoms with E-state index in [1.165, 1.54) is 5.56 Å². The second-order valence-electron chi connectivity index (χ2n) is 7.77. The molecule has 1 aliphatic heterocycles. The molecule has 154 valence electrons. The molecule has 0 bridgehead atoms. The lowest BCUT2D eigenvalue weighted by molar-refractivity contribution is -0.122. The number of hydrogen-bond donors (Lipinski definition) is 1. The number of benzene rings is 1. The second kappa shape index (κ2) is 7.70. The van der Waals surface area contributed by atoms with Crippen molar-refractivity contribution < 1.29 is 9.59 Å². The van der Waals surface area contributed by atoms with E-state index in [9.17, 15) is 9.59 Å². The zero-order chi connectivity index (χ0) is 21.4. The number of carbonyl (C=O) groups is 2. The van der Waals surface area contributed by atoms with Gasteiger partial charge in [0.2, 0.25) is 11.8 Å². The van der Waals surface area contributed by atoms with Crippen LogP contribution in [-0.4, -0.2) is 38.1 Å². The fraction of sp³-hybridized carbons (Fsp3) is 0.318. The Labute approximate surface area is 175 Å². The van der Waals surface area contributed by atoms with E-state index < -0.39 is 5.92 Å². The van der Waals surface area contributed by atoms with E-state index in [0.29, 0.717) is 18.2 Å². The Bertz CT molecular complexity index is 1120. The summed E-state index contributed by atoms with van der Waals surface area (Å²) in [5.41, 5.74) is 5.42. The fourth-order valence-electron chi connectivity index (χ4n) is 3.60. The lowest BCUT2D eigenvalue weighted by Gasteiger charge is -2.18. The van der Waals surface area contributed by atoms with Crippen molar-refractivity contribution in [2.45, 2.75) is 34.1 Å². The molecule has 8 nitrogen and oxygen atoms in total. The Kier molecular flexibility index (Phi) is 5.07. The summed E-state index contributed by atoms with van der Waals surface area (Å²) >= 11 is 0. The zero-order valence-electron chi connectivity index (χ0n) is 17.5. The van der Waals surface area contributed by atoms with Crippen LogP contribution in [0.4, 0.5) is 11.4 Å². The van der Waals surface area contributed by atoms with Crippen LogP contribution >= 0.6 is 0 Å². The van der Waals surface area contributed by atoms with E-state index in [2.05, 4.69) is 20.4 Å². The highest BCUT2D eigenvalue weighted by Crippen LogP contribution is 2.27. The van der Waals surface area contributed by atoms with Crippen molar-refractivity contribution >= 4 is 23.2 Å². The Morgan fingerprint density at radius 1 is 1.07 bits per heavy atom. The third kappa shape index (κ3) is 3.80. The van der Waals surface area contributed by atoms with Gasteiger partial charge in [0.1, 0.15) is 0 Å². The molecular formula is C22H24N6O2. The summed E-state index contributed by atoms with van der Waals surface area (Å²) < 4.78 is 1.65. The van der Waals surface area contributed by atoms with Crippen molar-refractivity contribution in [1.29, 1.82) is 0 Å². The number of hydrogen-bond acceptors (Lipinski definition) is 5. The lowest BCUT2D eigenvalue weighted by atomic mass is 10.1. The molecule has 0 spiro atoms. The predicted molar refractivity (Wildman–Crippen MR) is 114 cm³/mol. The number of aromatic nitrogens is 4. The van der Waals surface area contributed by atoms with Crippen molar-refractivity contribution in [3.8, 4) is 5.95 Å². The second-order valence-corrected chi connectivity index (χ2v) is 7.77. The summed E-state index contributed by atoms with van der Waals surface area (Å²) in [5, 5.41) is 7.18. The standard InChI is InChI=1S/C22H24N6O2/c1-13-5-6-19(7-14(13)2)27-12-17(9-20(27)29)21(30)25-18-10-23-22(24-11-18)28-16(4)8-15(3)26-28/h5-8,10-11,17H,9,12H2,1-4H3,(H,25,30). The van der Waals surface area contributed by atoms with E-state index in [-0.39, 0.29) is 18.2 Å². The molecule has 2 amide bonds. The third-order valence-corrected chi connectivity index (χ3v) is 5.40. The molecule has 30 heavy (non-hydrogen) atoms. The van der Waals surface area contributed by atoms with E-state index in [1.54, 1.807) is 22.0 Å². The molecule has 4 rings (SSSR count). The minimum atomic E-state index is -0.421. The van der Waals surface area contributed by atoms with Gasteiger partial charge in [0.25, 0.3) is 5.95 Å². The van der Waals surface area contributed by atoms with Crippen molar-refractivity contribution in [3.63, 3.8) is 0 Å². The smallest absolute Gasteiger partial charge is 0.250 e. The summed E-state index contributed by atoms with van der Waals surface area (Å²) in [4.78, 5) is 35.5. The lowest BCUT2D eigenvalue weighted by Crippen LogP contribution is -2.28. The average Bonchev–Trinajstić information content (AvgIpc) is 3.26. The minimum absolute atomic E-state index is 0.0467. The van der Waals surface area contributed by atoms with Gasteiger partial charge >= 0.3 is 0 Å². The summed E-state index contributed by atoms with van der Waals surface area (Å²) in [6.07, 6.45) is 3.28. The van der Waals surface area contributed by atoms with Gasteiger partial charge < -0.3 is 10.2 Å². The molecule has 1 atom stereocenters. The molecule has 1 saturated heterocycles. The quantitative estimate of drug-likeness (QED) is 0.722. The first-order chi connectivity index (χ1) is 14.3. The number of amides is 2. The van der Waals surface area contributed by atoms with Crippen LogP contribution in [0, 0.1) is 33.6 Å². The van der Waals surface area contributed by atoms with Crippen LogP contribution in [0.5, 0.6) is 0 Å².